The molecular formula is C20H22N4O2. The van der Waals surface area contributed by atoms with Crippen molar-refractivity contribution in [3.63, 3.8) is 0 Å². The molecule has 0 spiro atoms. The molecule has 3 aromatic rings. The molecular weight excluding hydrogens is 328 g/mol. The first-order chi connectivity index (χ1) is 12.5. The fourth-order valence-electron chi connectivity index (χ4n) is 2.75. The van der Waals surface area contributed by atoms with E-state index >= 15 is 0 Å². The van der Waals surface area contributed by atoms with E-state index in [2.05, 4.69) is 20.6 Å². The summed E-state index contributed by atoms with van der Waals surface area (Å²) in [5.74, 6) is -0.159. The smallest absolute Gasteiger partial charge is 0.249 e. The van der Waals surface area contributed by atoms with Crippen LogP contribution in [0.25, 0.3) is 11.0 Å². The van der Waals surface area contributed by atoms with Gasteiger partial charge in [-0.3, -0.25) is 14.9 Å². The number of anilines is 1. The summed E-state index contributed by atoms with van der Waals surface area (Å²) in [5, 5.41) is 5.59. The molecule has 3 rings (SSSR count). The molecule has 26 heavy (non-hydrogen) atoms. The highest BCUT2D eigenvalue weighted by molar-refractivity contribution is 5.97. The molecule has 0 bridgehead atoms. The molecule has 1 aromatic heterocycles. The first-order valence-corrected chi connectivity index (χ1v) is 8.62. The van der Waals surface area contributed by atoms with Crippen molar-refractivity contribution in [2.45, 2.75) is 26.3 Å². The molecule has 134 valence electrons. The Morgan fingerprint density at radius 1 is 1.04 bits per heavy atom. The molecule has 1 atom stereocenters. The van der Waals surface area contributed by atoms with Gasteiger partial charge in [0.2, 0.25) is 17.8 Å². The minimum atomic E-state index is -0.639. The number of rotatable bonds is 6. The van der Waals surface area contributed by atoms with Crippen LogP contribution >= 0.6 is 0 Å². The van der Waals surface area contributed by atoms with E-state index < -0.39 is 6.04 Å². The Morgan fingerprint density at radius 2 is 1.73 bits per heavy atom. The van der Waals surface area contributed by atoms with Gasteiger partial charge in [-0.15, -0.1) is 0 Å². The Hall–Kier alpha value is -3.15. The maximum absolute atomic E-state index is 12.6. The maximum atomic E-state index is 12.6. The van der Waals surface area contributed by atoms with E-state index in [1.807, 2.05) is 68.4 Å². The van der Waals surface area contributed by atoms with Crippen LogP contribution in [-0.2, 0) is 16.0 Å². The monoisotopic (exact) mass is 350 g/mol. The number of aromatic nitrogens is 2. The Kier molecular flexibility index (Phi) is 5.31. The topological polar surface area (TPSA) is 86.9 Å². The molecule has 0 aliphatic heterocycles. The van der Waals surface area contributed by atoms with E-state index in [1.165, 1.54) is 0 Å². The number of H-pyrrole nitrogens is 1. The summed E-state index contributed by atoms with van der Waals surface area (Å²) in [6, 6.07) is 16.3. The number of amides is 2. The van der Waals surface area contributed by atoms with E-state index in [0.717, 1.165) is 16.6 Å². The predicted molar refractivity (Wildman–Crippen MR) is 102 cm³/mol. The quantitative estimate of drug-likeness (QED) is 0.639. The van der Waals surface area contributed by atoms with Crippen LogP contribution in [0.4, 0.5) is 5.95 Å². The van der Waals surface area contributed by atoms with Crippen molar-refractivity contribution in [2.24, 2.45) is 5.92 Å². The lowest BCUT2D eigenvalue weighted by Gasteiger charge is -2.21. The summed E-state index contributed by atoms with van der Waals surface area (Å²) in [6.45, 7) is 3.79. The van der Waals surface area contributed by atoms with Crippen molar-refractivity contribution in [1.29, 1.82) is 0 Å². The van der Waals surface area contributed by atoms with E-state index in [1.54, 1.807) is 0 Å². The molecule has 2 amide bonds. The standard InChI is InChI=1S/C20H22N4O2/c1-13(2)18(23-17(25)12-14-8-4-3-5-9-14)19(26)24-20-21-15-10-6-7-11-16(15)22-20/h3-11,13,18H,12H2,1-2H3,(H,23,25)(H2,21,22,24,26). The van der Waals surface area contributed by atoms with Gasteiger partial charge in [0, 0.05) is 0 Å². The lowest BCUT2D eigenvalue weighted by molar-refractivity contribution is -0.127. The Labute approximate surface area is 152 Å². The van der Waals surface area contributed by atoms with Gasteiger partial charge >= 0.3 is 0 Å². The molecule has 2 aromatic carbocycles. The number of imidazole rings is 1. The van der Waals surface area contributed by atoms with Crippen LogP contribution in [-0.4, -0.2) is 27.8 Å². The summed E-state index contributed by atoms with van der Waals surface area (Å²) >= 11 is 0. The summed E-state index contributed by atoms with van der Waals surface area (Å²) in [4.78, 5) is 32.3. The van der Waals surface area contributed by atoms with E-state index in [9.17, 15) is 9.59 Å². The van der Waals surface area contributed by atoms with E-state index in [4.69, 9.17) is 0 Å². The summed E-state index contributed by atoms with van der Waals surface area (Å²) in [5.41, 5.74) is 2.53. The van der Waals surface area contributed by atoms with Crippen LogP contribution < -0.4 is 10.6 Å². The number of benzene rings is 2. The zero-order chi connectivity index (χ0) is 18.5. The van der Waals surface area contributed by atoms with Crippen molar-refractivity contribution < 1.29 is 9.59 Å². The third-order valence-corrected chi connectivity index (χ3v) is 4.10. The zero-order valence-corrected chi connectivity index (χ0v) is 14.8. The second-order valence-electron chi connectivity index (χ2n) is 6.54. The van der Waals surface area contributed by atoms with Crippen LogP contribution in [0.1, 0.15) is 19.4 Å². The zero-order valence-electron chi connectivity index (χ0n) is 14.8. The molecule has 0 aliphatic carbocycles. The SMILES string of the molecule is CC(C)C(NC(=O)Cc1ccccc1)C(=O)Nc1nc2ccccc2[nH]1. The minimum absolute atomic E-state index is 0.0564. The van der Waals surface area contributed by atoms with Crippen molar-refractivity contribution in [3.8, 4) is 0 Å². The molecule has 6 heteroatoms. The van der Waals surface area contributed by atoms with Gasteiger partial charge in [0.1, 0.15) is 6.04 Å². The Bertz CT molecular complexity index is 869. The summed E-state index contributed by atoms with van der Waals surface area (Å²) < 4.78 is 0. The van der Waals surface area contributed by atoms with Crippen LogP contribution in [0.5, 0.6) is 0 Å². The number of nitrogens with zero attached hydrogens (tertiary/aromatic N) is 1. The van der Waals surface area contributed by atoms with Gasteiger partial charge in [0.25, 0.3) is 0 Å². The van der Waals surface area contributed by atoms with Gasteiger partial charge in [-0.1, -0.05) is 56.3 Å². The van der Waals surface area contributed by atoms with Crippen molar-refractivity contribution in [3.05, 3.63) is 60.2 Å². The number of hydrogen-bond donors (Lipinski definition) is 3. The van der Waals surface area contributed by atoms with Gasteiger partial charge in [-0.25, -0.2) is 4.98 Å². The summed E-state index contributed by atoms with van der Waals surface area (Å²) in [7, 11) is 0. The van der Waals surface area contributed by atoms with Crippen molar-refractivity contribution >= 4 is 28.8 Å². The predicted octanol–water partition coefficient (Wildman–Crippen LogP) is 2.88. The van der Waals surface area contributed by atoms with Crippen LogP contribution in [0.3, 0.4) is 0 Å². The van der Waals surface area contributed by atoms with E-state index in [-0.39, 0.29) is 24.2 Å². The number of hydrogen-bond acceptors (Lipinski definition) is 3. The Morgan fingerprint density at radius 3 is 2.42 bits per heavy atom. The second-order valence-corrected chi connectivity index (χ2v) is 6.54. The summed E-state index contributed by atoms with van der Waals surface area (Å²) in [6.07, 6.45) is 0.238. The molecule has 0 radical (unpaired) electrons. The molecule has 1 unspecified atom stereocenters. The highest BCUT2D eigenvalue weighted by Gasteiger charge is 2.25. The van der Waals surface area contributed by atoms with E-state index in [0.29, 0.717) is 5.95 Å². The first-order valence-electron chi connectivity index (χ1n) is 8.62. The second kappa shape index (κ2) is 7.82. The highest BCUT2D eigenvalue weighted by atomic mass is 16.2. The maximum Gasteiger partial charge on any atom is 0.249 e. The number of carbonyl (C=O) groups excluding carboxylic acids is 2. The molecule has 3 N–H and O–H groups in total. The van der Waals surface area contributed by atoms with Gasteiger partial charge in [-0.2, -0.15) is 0 Å². The van der Waals surface area contributed by atoms with Crippen LogP contribution in [0.2, 0.25) is 0 Å². The lowest BCUT2D eigenvalue weighted by atomic mass is 10.0. The highest BCUT2D eigenvalue weighted by Crippen LogP contribution is 2.14. The molecule has 1 heterocycles. The fraction of sp³-hybridized carbons (Fsp3) is 0.250. The lowest BCUT2D eigenvalue weighted by Crippen LogP contribution is -2.47. The number of carbonyl (C=O) groups is 2. The number of aromatic amines is 1. The largest absolute Gasteiger partial charge is 0.344 e. The number of fused-ring (bicyclic) bond motifs is 1. The van der Waals surface area contributed by atoms with Crippen molar-refractivity contribution in [1.82, 2.24) is 15.3 Å². The fourth-order valence-corrected chi connectivity index (χ4v) is 2.75. The number of nitrogens with one attached hydrogen (secondary N) is 3. The third-order valence-electron chi connectivity index (χ3n) is 4.10. The minimum Gasteiger partial charge on any atom is -0.344 e. The van der Waals surface area contributed by atoms with Gasteiger partial charge in [0.15, 0.2) is 0 Å². The molecule has 0 saturated heterocycles. The molecule has 0 saturated carbocycles. The van der Waals surface area contributed by atoms with Gasteiger partial charge < -0.3 is 10.3 Å². The molecule has 6 nitrogen and oxygen atoms in total. The van der Waals surface area contributed by atoms with Gasteiger partial charge in [-0.05, 0) is 23.6 Å². The van der Waals surface area contributed by atoms with Crippen LogP contribution in [0, 0.1) is 5.92 Å². The first kappa shape index (κ1) is 17.7. The molecule has 0 fully saturated rings. The average molecular weight is 350 g/mol. The number of para-hydroxylation sites is 2. The Balaban J connectivity index is 1.66. The third kappa shape index (κ3) is 4.27. The molecule has 0 aliphatic rings. The normalized spacial score (nSPS) is 12.1. The van der Waals surface area contributed by atoms with Crippen molar-refractivity contribution in [2.75, 3.05) is 5.32 Å². The average Bonchev–Trinajstić information content (AvgIpc) is 3.02. The van der Waals surface area contributed by atoms with Crippen LogP contribution in [0.15, 0.2) is 54.6 Å². The van der Waals surface area contributed by atoms with Gasteiger partial charge in [0.05, 0.1) is 17.5 Å².